The number of hydrogen-bond acceptors (Lipinski definition) is 2. The maximum absolute atomic E-state index is 6.33. The largest absolute Gasteiger partial charge is 0.330 e. The Kier molecular flexibility index (Phi) is 5.83. The van der Waals surface area contributed by atoms with Gasteiger partial charge in [-0.3, -0.25) is 0 Å². The minimum absolute atomic E-state index is 0.0426. The van der Waals surface area contributed by atoms with Crippen molar-refractivity contribution in [1.82, 2.24) is 0 Å². The summed E-state index contributed by atoms with van der Waals surface area (Å²) in [5.41, 5.74) is 14.8. The van der Waals surface area contributed by atoms with Gasteiger partial charge in [0.05, 0.1) is 0 Å². The lowest BCUT2D eigenvalue weighted by Gasteiger charge is -2.26. The van der Waals surface area contributed by atoms with Crippen LogP contribution in [0.2, 0.25) is 0 Å². The van der Waals surface area contributed by atoms with Gasteiger partial charge in [0.15, 0.2) is 0 Å². The second kappa shape index (κ2) is 6.91. The third kappa shape index (κ3) is 3.56. The molecule has 3 unspecified atom stereocenters. The number of nitrogens with two attached hydrogens (primary N) is 2. The molecular weight excluding hydrogens is 220 g/mol. The SMILES string of the molecule is CCC(C)c1ccc(C(N)C(CN)C(C)C)cc1. The van der Waals surface area contributed by atoms with Crippen LogP contribution in [0.4, 0.5) is 0 Å². The van der Waals surface area contributed by atoms with Crippen LogP contribution in [-0.2, 0) is 0 Å². The Morgan fingerprint density at radius 1 is 1.00 bits per heavy atom. The van der Waals surface area contributed by atoms with Crippen molar-refractivity contribution >= 4 is 0 Å². The monoisotopic (exact) mass is 248 g/mol. The maximum Gasteiger partial charge on any atom is 0.0338 e. The van der Waals surface area contributed by atoms with Crippen LogP contribution < -0.4 is 11.5 Å². The first kappa shape index (κ1) is 15.2. The van der Waals surface area contributed by atoms with Crippen LogP contribution in [0.25, 0.3) is 0 Å². The highest BCUT2D eigenvalue weighted by molar-refractivity contribution is 5.27. The molecule has 0 saturated heterocycles. The summed E-state index contributed by atoms with van der Waals surface area (Å²) in [4.78, 5) is 0. The van der Waals surface area contributed by atoms with E-state index >= 15 is 0 Å². The number of hydrogen-bond donors (Lipinski definition) is 2. The summed E-state index contributed by atoms with van der Waals surface area (Å²) in [5.74, 6) is 1.48. The molecule has 3 atom stereocenters. The van der Waals surface area contributed by atoms with E-state index in [1.807, 2.05) is 0 Å². The standard InChI is InChI=1S/C16H28N2/c1-5-12(4)13-6-8-14(9-7-13)16(18)15(10-17)11(2)3/h6-9,11-12,15-16H,5,10,17-18H2,1-4H3. The van der Waals surface area contributed by atoms with Crippen molar-refractivity contribution < 1.29 is 0 Å². The third-order valence-corrected chi connectivity index (χ3v) is 4.09. The van der Waals surface area contributed by atoms with Crippen LogP contribution in [0.3, 0.4) is 0 Å². The normalized spacial score (nSPS) is 16.6. The van der Waals surface area contributed by atoms with Gasteiger partial charge in [-0.15, -0.1) is 0 Å². The average molecular weight is 248 g/mol. The van der Waals surface area contributed by atoms with Gasteiger partial charge in [0.25, 0.3) is 0 Å². The summed E-state index contributed by atoms with van der Waals surface area (Å²) in [6, 6.07) is 8.78. The minimum Gasteiger partial charge on any atom is -0.330 e. The molecule has 2 nitrogen and oxygen atoms in total. The van der Waals surface area contributed by atoms with Gasteiger partial charge in [-0.05, 0) is 41.8 Å². The first-order chi connectivity index (χ1) is 8.51. The molecule has 0 aliphatic carbocycles. The van der Waals surface area contributed by atoms with Crippen molar-refractivity contribution in [2.45, 2.75) is 46.1 Å². The predicted octanol–water partition coefficient (Wildman–Crippen LogP) is 3.43. The molecule has 0 bridgehead atoms. The molecule has 0 spiro atoms. The van der Waals surface area contributed by atoms with Gasteiger partial charge in [-0.1, -0.05) is 52.0 Å². The number of benzene rings is 1. The number of rotatable bonds is 6. The van der Waals surface area contributed by atoms with Gasteiger partial charge in [0.1, 0.15) is 0 Å². The van der Waals surface area contributed by atoms with E-state index < -0.39 is 0 Å². The zero-order chi connectivity index (χ0) is 13.7. The van der Waals surface area contributed by atoms with Crippen LogP contribution in [-0.4, -0.2) is 6.54 Å². The lowest BCUT2D eigenvalue weighted by atomic mass is 9.84. The molecule has 1 rings (SSSR count). The Morgan fingerprint density at radius 3 is 1.89 bits per heavy atom. The van der Waals surface area contributed by atoms with E-state index in [-0.39, 0.29) is 6.04 Å². The highest BCUT2D eigenvalue weighted by atomic mass is 14.7. The van der Waals surface area contributed by atoms with Crippen LogP contribution in [0.5, 0.6) is 0 Å². The average Bonchev–Trinajstić information content (AvgIpc) is 2.38. The molecule has 0 heterocycles. The van der Waals surface area contributed by atoms with Crippen molar-refractivity contribution in [2.75, 3.05) is 6.54 Å². The van der Waals surface area contributed by atoms with E-state index in [0.717, 1.165) is 0 Å². The Labute approximate surface area is 112 Å². The Bertz CT molecular complexity index is 343. The van der Waals surface area contributed by atoms with E-state index in [1.54, 1.807) is 0 Å². The summed E-state index contributed by atoms with van der Waals surface area (Å²) in [6.45, 7) is 9.49. The molecule has 0 amide bonds. The van der Waals surface area contributed by atoms with Gasteiger partial charge in [0, 0.05) is 6.04 Å². The van der Waals surface area contributed by atoms with Gasteiger partial charge >= 0.3 is 0 Å². The first-order valence-electron chi connectivity index (χ1n) is 7.06. The van der Waals surface area contributed by atoms with E-state index in [9.17, 15) is 0 Å². The minimum atomic E-state index is 0.0426. The predicted molar refractivity (Wildman–Crippen MR) is 79.5 cm³/mol. The molecule has 102 valence electrons. The van der Waals surface area contributed by atoms with E-state index in [1.165, 1.54) is 17.5 Å². The Morgan fingerprint density at radius 2 is 1.50 bits per heavy atom. The molecule has 0 saturated carbocycles. The van der Waals surface area contributed by atoms with E-state index in [4.69, 9.17) is 11.5 Å². The quantitative estimate of drug-likeness (QED) is 0.810. The highest BCUT2D eigenvalue weighted by Gasteiger charge is 2.21. The van der Waals surface area contributed by atoms with Crippen molar-refractivity contribution in [3.8, 4) is 0 Å². The molecule has 4 N–H and O–H groups in total. The summed E-state index contributed by atoms with van der Waals surface area (Å²) < 4.78 is 0. The van der Waals surface area contributed by atoms with Crippen LogP contribution in [0.1, 0.15) is 57.2 Å². The highest BCUT2D eigenvalue weighted by Crippen LogP contribution is 2.27. The van der Waals surface area contributed by atoms with Gasteiger partial charge in [-0.25, -0.2) is 0 Å². The molecule has 1 aromatic rings. The van der Waals surface area contributed by atoms with Crippen molar-refractivity contribution in [3.05, 3.63) is 35.4 Å². The molecule has 0 aromatic heterocycles. The van der Waals surface area contributed by atoms with Crippen molar-refractivity contribution in [1.29, 1.82) is 0 Å². The molecule has 0 fully saturated rings. The molecule has 0 radical (unpaired) electrons. The Balaban J connectivity index is 2.84. The van der Waals surface area contributed by atoms with Gasteiger partial charge < -0.3 is 11.5 Å². The topological polar surface area (TPSA) is 52.0 Å². The summed E-state index contributed by atoms with van der Waals surface area (Å²) >= 11 is 0. The van der Waals surface area contributed by atoms with E-state index in [0.29, 0.717) is 24.3 Å². The maximum atomic E-state index is 6.33. The molecule has 18 heavy (non-hydrogen) atoms. The Hall–Kier alpha value is -0.860. The molecule has 0 aliphatic heterocycles. The van der Waals surface area contributed by atoms with E-state index in [2.05, 4.69) is 52.0 Å². The van der Waals surface area contributed by atoms with Crippen LogP contribution >= 0.6 is 0 Å². The fraction of sp³-hybridized carbons (Fsp3) is 0.625. The lowest BCUT2D eigenvalue weighted by Crippen LogP contribution is -2.31. The molecular formula is C16H28N2. The van der Waals surface area contributed by atoms with Gasteiger partial charge in [-0.2, -0.15) is 0 Å². The smallest absolute Gasteiger partial charge is 0.0338 e. The second-order valence-electron chi connectivity index (χ2n) is 5.65. The summed E-state index contributed by atoms with van der Waals surface area (Å²) in [5, 5.41) is 0. The zero-order valence-corrected chi connectivity index (χ0v) is 12.2. The lowest BCUT2D eigenvalue weighted by molar-refractivity contribution is 0.331. The van der Waals surface area contributed by atoms with Crippen molar-refractivity contribution in [3.63, 3.8) is 0 Å². The van der Waals surface area contributed by atoms with Crippen LogP contribution in [0.15, 0.2) is 24.3 Å². The first-order valence-corrected chi connectivity index (χ1v) is 7.06. The summed E-state index contributed by atoms with van der Waals surface area (Å²) in [6.07, 6.45) is 1.17. The third-order valence-electron chi connectivity index (χ3n) is 4.09. The van der Waals surface area contributed by atoms with Gasteiger partial charge in [0.2, 0.25) is 0 Å². The van der Waals surface area contributed by atoms with Crippen molar-refractivity contribution in [2.24, 2.45) is 23.3 Å². The molecule has 1 aromatic carbocycles. The zero-order valence-electron chi connectivity index (χ0n) is 12.2. The second-order valence-corrected chi connectivity index (χ2v) is 5.65. The molecule has 0 aliphatic rings. The summed E-state index contributed by atoms with van der Waals surface area (Å²) in [7, 11) is 0. The molecule has 2 heteroatoms. The van der Waals surface area contributed by atoms with Crippen LogP contribution in [0, 0.1) is 11.8 Å². The fourth-order valence-electron chi connectivity index (χ4n) is 2.36. The fourth-order valence-corrected chi connectivity index (χ4v) is 2.36.